The van der Waals surface area contributed by atoms with Gasteiger partial charge in [0.2, 0.25) is 0 Å². The van der Waals surface area contributed by atoms with Crippen LogP contribution >= 0.6 is 11.3 Å². The standard InChI is InChI=1S/C11H11FN4OS/c1-5-6(2)18-11(15-5)16-10(17)7-3-4-14-9(13)8(7)12/h3-4H,1-2H3,(H2,13,14)(H,15,16,17). The van der Waals surface area contributed by atoms with Gasteiger partial charge in [0, 0.05) is 11.1 Å². The number of rotatable bonds is 2. The lowest BCUT2D eigenvalue weighted by atomic mass is 10.2. The van der Waals surface area contributed by atoms with Gasteiger partial charge in [0.05, 0.1) is 11.3 Å². The lowest BCUT2D eigenvalue weighted by molar-refractivity contribution is 0.102. The van der Waals surface area contributed by atoms with E-state index in [1.54, 1.807) is 0 Å². The molecule has 0 atom stereocenters. The van der Waals surface area contributed by atoms with E-state index in [-0.39, 0.29) is 11.4 Å². The molecule has 2 rings (SSSR count). The number of aromatic nitrogens is 2. The molecule has 1 amide bonds. The van der Waals surface area contributed by atoms with Gasteiger partial charge in [0.1, 0.15) is 0 Å². The fourth-order valence-corrected chi connectivity index (χ4v) is 2.14. The Morgan fingerprint density at radius 2 is 2.22 bits per heavy atom. The molecule has 0 radical (unpaired) electrons. The molecule has 2 aromatic rings. The molecule has 0 bridgehead atoms. The molecule has 0 aliphatic carbocycles. The van der Waals surface area contributed by atoms with E-state index in [0.717, 1.165) is 10.6 Å². The Labute approximate surface area is 107 Å². The van der Waals surface area contributed by atoms with Crippen molar-refractivity contribution in [3.63, 3.8) is 0 Å². The molecular formula is C11H11FN4OS. The number of thiazole rings is 1. The first-order valence-electron chi connectivity index (χ1n) is 5.14. The number of nitrogen functional groups attached to an aromatic ring is 1. The van der Waals surface area contributed by atoms with E-state index in [1.165, 1.54) is 23.6 Å². The van der Waals surface area contributed by atoms with Crippen molar-refractivity contribution in [3.05, 3.63) is 34.2 Å². The highest BCUT2D eigenvalue weighted by Crippen LogP contribution is 2.22. The van der Waals surface area contributed by atoms with Crippen molar-refractivity contribution >= 4 is 28.2 Å². The van der Waals surface area contributed by atoms with Gasteiger partial charge in [0.15, 0.2) is 16.8 Å². The number of aryl methyl sites for hydroxylation is 2. The highest BCUT2D eigenvalue weighted by atomic mass is 32.1. The SMILES string of the molecule is Cc1nc(NC(=O)c2ccnc(N)c2F)sc1C. The van der Waals surface area contributed by atoms with Crippen molar-refractivity contribution in [1.82, 2.24) is 9.97 Å². The minimum absolute atomic E-state index is 0.145. The quantitative estimate of drug-likeness (QED) is 0.872. The molecule has 7 heteroatoms. The second-order valence-corrected chi connectivity index (χ2v) is 4.88. The average Bonchev–Trinajstić information content (AvgIpc) is 2.61. The van der Waals surface area contributed by atoms with E-state index in [0.29, 0.717) is 5.13 Å². The van der Waals surface area contributed by atoms with Crippen LogP contribution in [0.4, 0.5) is 15.3 Å². The lowest BCUT2D eigenvalue weighted by Crippen LogP contribution is -2.15. The van der Waals surface area contributed by atoms with Crippen LogP contribution in [0.2, 0.25) is 0 Å². The molecule has 3 N–H and O–H groups in total. The average molecular weight is 266 g/mol. The molecule has 2 heterocycles. The third kappa shape index (κ3) is 2.30. The number of hydrogen-bond acceptors (Lipinski definition) is 5. The van der Waals surface area contributed by atoms with Gasteiger partial charge in [-0.15, -0.1) is 11.3 Å². The third-order valence-electron chi connectivity index (χ3n) is 2.41. The molecule has 0 saturated heterocycles. The number of carbonyl (C=O) groups is 1. The second kappa shape index (κ2) is 4.69. The Bertz CT molecular complexity index is 592. The summed E-state index contributed by atoms with van der Waals surface area (Å²) in [6, 6.07) is 1.27. The number of anilines is 2. The van der Waals surface area contributed by atoms with Gasteiger partial charge in [-0.05, 0) is 19.9 Å². The van der Waals surface area contributed by atoms with Crippen molar-refractivity contribution < 1.29 is 9.18 Å². The van der Waals surface area contributed by atoms with Crippen molar-refractivity contribution in [2.24, 2.45) is 0 Å². The van der Waals surface area contributed by atoms with Crippen LogP contribution in [0.15, 0.2) is 12.3 Å². The maximum absolute atomic E-state index is 13.6. The maximum Gasteiger partial charge on any atom is 0.260 e. The molecule has 0 saturated carbocycles. The van der Waals surface area contributed by atoms with Gasteiger partial charge in [-0.25, -0.2) is 14.4 Å². The third-order valence-corrected chi connectivity index (χ3v) is 3.40. The van der Waals surface area contributed by atoms with E-state index in [9.17, 15) is 9.18 Å². The van der Waals surface area contributed by atoms with Crippen molar-refractivity contribution in [2.75, 3.05) is 11.1 Å². The van der Waals surface area contributed by atoms with Crippen LogP contribution in [0.25, 0.3) is 0 Å². The zero-order valence-electron chi connectivity index (χ0n) is 9.82. The predicted molar refractivity (Wildman–Crippen MR) is 68.1 cm³/mol. The first kappa shape index (κ1) is 12.4. The van der Waals surface area contributed by atoms with E-state index in [2.05, 4.69) is 15.3 Å². The molecule has 2 aromatic heterocycles. The topological polar surface area (TPSA) is 80.9 Å². The zero-order valence-corrected chi connectivity index (χ0v) is 10.6. The lowest BCUT2D eigenvalue weighted by Gasteiger charge is -2.03. The van der Waals surface area contributed by atoms with Crippen molar-refractivity contribution in [3.8, 4) is 0 Å². The first-order chi connectivity index (χ1) is 8.49. The summed E-state index contributed by atoms with van der Waals surface area (Å²) in [6.45, 7) is 3.74. The van der Waals surface area contributed by atoms with Crippen molar-refractivity contribution in [2.45, 2.75) is 13.8 Å². The van der Waals surface area contributed by atoms with Crippen LogP contribution in [0, 0.1) is 19.7 Å². The molecule has 0 fully saturated rings. The van der Waals surface area contributed by atoms with Gasteiger partial charge >= 0.3 is 0 Å². The van der Waals surface area contributed by atoms with Crippen LogP contribution in [-0.4, -0.2) is 15.9 Å². The summed E-state index contributed by atoms with van der Waals surface area (Å²) in [5.41, 5.74) is 5.99. The molecule has 0 aliphatic rings. The number of halogens is 1. The Kier molecular flexibility index (Phi) is 3.24. The monoisotopic (exact) mass is 266 g/mol. The number of carbonyl (C=O) groups excluding carboxylic acids is 1. The molecule has 0 aliphatic heterocycles. The number of nitrogens with one attached hydrogen (secondary N) is 1. The first-order valence-corrected chi connectivity index (χ1v) is 5.96. The van der Waals surface area contributed by atoms with Crippen LogP contribution in [0.3, 0.4) is 0 Å². The highest BCUT2D eigenvalue weighted by Gasteiger charge is 2.16. The molecule has 0 aromatic carbocycles. The van der Waals surface area contributed by atoms with Crippen LogP contribution in [0.1, 0.15) is 20.9 Å². The fraction of sp³-hybridized carbons (Fsp3) is 0.182. The summed E-state index contributed by atoms with van der Waals surface area (Å²) < 4.78 is 13.6. The van der Waals surface area contributed by atoms with Gasteiger partial charge in [0.25, 0.3) is 5.91 Å². The molecule has 18 heavy (non-hydrogen) atoms. The molecule has 94 valence electrons. The molecule has 0 unspecified atom stereocenters. The summed E-state index contributed by atoms with van der Waals surface area (Å²) in [5, 5.41) is 2.97. The number of amides is 1. The van der Waals surface area contributed by atoms with Gasteiger partial charge < -0.3 is 5.73 Å². The Morgan fingerprint density at radius 1 is 1.50 bits per heavy atom. The molecular weight excluding hydrogens is 255 g/mol. The largest absolute Gasteiger partial charge is 0.381 e. The van der Waals surface area contributed by atoms with E-state index < -0.39 is 11.7 Å². The normalized spacial score (nSPS) is 10.4. The molecule has 5 nitrogen and oxygen atoms in total. The zero-order chi connectivity index (χ0) is 13.3. The van der Waals surface area contributed by atoms with Crippen molar-refractivity contribution in [1.29, 1.82) is 0 Å². The second-order valence-electron chi connectivity index (χ2n) is 3.67. The number of hydrogen-bond donors (Lipinski definition) is 2. The Balaban J connectivity index is 2.24. The summed E-state index contributed by atoms with van der Waals surface area (Å²) in [7, 11) is 0. The van der Waals surface area contributed by atoms with E-state index in [1.807, 2.05) is 13.8 Å². The summed E-state index contributed by atoms with van der Waals surface area (Å²) >= 11 is 1.34. The van der Waals surface area contributed by atoms with Crippen LogP contribution < -0.4 is 11.1 Å². The maximum atomic E-state index is 13.6. The summed E-state index contributed by atoms with van der Waals surface area (Å²) in [5.74, 6) is -1.70. The van der Waals surface area contributed by atoms with E-state index in [4.69, 9.17) is 5.73 Å². The van der Waals surface area contributed by atoms with Gasteiger partial charge in [-0.2, -0.15) is 0 Å². The van der Waals surface area contributed by atoms with Gasteiger partial charge in [-0.1, -0.05) is 0 Å². The fourth-order valence-electron chi connectivity index (χ4n) is 1.33. The number of pyridine rings is 1. The molecule has 0 spiro atoms. The summed E-state index contributed by atoms with van der Waals surface area (Å²) in [4.78, 5) is 20.5. The smallest absolute Gasteiger partial charge is 0.260 e. The highest BCUT2D eigenvalue weighted by molar-refractivity contribution is 7.15. The van der Waals surface area contributed by atoms with E-state index >= 15 is 0 Å². The van der Waals surface area contributed by atoms with Gasteiger partial charge in [-0.3, -0.25) is 10.1 Å². The summed E-state index contributed by atoms with van der Waals surface area (Å²) in [6.07, 6.45) is 1.28. The van der Waals surface area contributed by atoms with Crippen LogP contribution in [0.5, 0.6) is 0 Å². The predicted octanol–water partition coefficient (Wildman–Crippen LogP) is 2.13. The Hall–Kier alpha value is -2.02. The number of nitrogens with two attached hydrogens (primary N) is 1. The minimum Gasteiger partial charge on any atom is -0.381 e. The Morgan fingerprint density at radius 3 is 2.83 bits per heavy atom. The number of nitrogens with zero attached hydrogens (tertiary/aromatic N) is 2. The minimum atomic E-state index is -0.819. The van der Waals surface area contributed by atoms with Crippen LogP contribution in [-0.2, 0) is 0 Å².